The standard InChI is InChI=1S/C16H18ClNO2/c1-16(11-19,12-5-3-8-15(9-12)20-2)18-14-7-4-6-13(17)10-14/h3-10,18-19H,11H2,1-2H3. The number of rotatable bonds is 5. The summed E-state index contributed by atoms with van der Waals surface area (Å²) in [6.07, 6.45) is 0. The Kier molecular flexibility index (Phi) is 4.53. The maximum Gasteiger partial charge on any atom is 0.119 e. The quantitative estimate of drug-likeness (QED) is 0.883. The Morgan fingerprint density at radius 3 is 2.60 bits per heavy atom. The van der Waals surface area contributed by atoms with Gasteiger partial charge in [-0.25, -0.2) is 0 Å². The molecule has 0 fully saturated rings. The third-order valence-electron chi connectivity index (χ3n) is 3.27. The highest BCUT2D eigenvalue weighted by atomic mass is 35.5. The molecule has 3 nitrogen and oxygen atoms in total. The van der Waals surface area contributed by atoms with Crippen LogP contribution in [0.2, 0.25) is 5.02 Å². The molecule has 0 radical (unpaired) electrons. The van der Waals surface area contributed by atoms with E-state index in [9.17, 15) is 5.11 Å². The molecule has 2 aromatic rings. The SMILES string of the molecule is COc1cccc(C(C)(CO)Nc2cccc(Cl)c2)c1. The molecule has 0 aliphatic rings. The molecule has 1 atom stereocenters. The van der Waals surface area contributed by atoms with Gasteiger partial charge in [-0.1, -0.05) is 29.8 Å². The maximum absolute atomic E-state index is 9.80. The summed E-state index contributed by atoms with van der Waals surface area (Å²) in [4.78, 5) is 0. The average molecular weight is 292 g/mol. The molecule has 0 aromatic heterocycles. The summed E-state index contributed by atoms with van der Waals surface area (Å²) in [6.45, 7) is 1.88. The number of aliphatic hydroxyl groups is 1. The van der Waals surface area contributed by atoms with Gasteiger partial charge in [0.2, 0.25) is 0 Å². The third kappa shape index (κ3) is 3.24. The first-order chi connectivity index (χ1) is 9.57. The predicted octanol–water partition coefficient (Wildman–Crippen LogP) is 3.67. The Labute approximate surface area is 124 Å². The summed E-state index contributed by atoms with van der Waals surface area (Å²) in [7, 11) is 1.62. The third-order valence-corrected chi connectivity index (χ3v) is 3.50. The van der Waals surface area contributed by atoms with Crippen LogP contribution >= 0.6 is 11.6 Å². The van der Waals surface area contributed by atoms with Gasteiger partial charge >= 0.3 is 0 Å². The van der Waals surface area contributed by atoms with Crippen molar-refractivity contribution in [3.63, 3.8) is 0 Å². The molecular formula is C16H18ClNO2. The zero-order chi connectivity index (χ0) is 14.6. The highest BCUT2D eigenvalue weighted by molar-refractivity contribution is 6.30. The largest absolute Gasteiger partial charge is 0.497 e. The Morgan fingerprint density at radius 1 is 1.20 bits per heavy atom. The van der Waals surface area contributed by atoms with Gasteiger partial charge in [0.15, 0.2) is 0 Å². The first-order valence-corrected chi connectivity index (χ1v) is 6.74. The molecule has 0 amide bonds. The van der Waals surface area contributed by atoms with Crippen LogP contribution in [0.1, 0.15) is 12.5 Å². The number of nitrogens with one attached hydrogen (secondary N) is 1. The lowest BCUT2D eigenvalue weighted by Gasteiger charge is -2.31. The lowest BCUT2D eigenvalue weighted by atomic mass is 9.92. The van der Waals surface area contributed by atoms with Gasteiger partial charge in [-0.15, -0.1) is 0 Å². The Hall–Kier alpha value is -1.71. The van der Waals surface area contributed by atoms with Gasteiger partial charge in [-0.3, -0.25) is 0 Å². The number of benzene rings is 2. The summed E-state index contributed by atoms with van der Waals surface area (Å²) in [5.74, 6) is 0.759. The molecular weight excluding hydrogens is 274 g/mol. The van der Waals surface area contributed by atoms with E-state index in [1.54, 1.807) is 7.11 Å². The number of methoxy groups -OCH3 is 1. The van der Waals surface area contributed by atoms with Gasteiger partial charge in [0, 0.05) is 10.7 Å². The van der Waals surface area contributed by atoms with Gasteiger partial charge in [0.25, 0.3) is 0 Å². The van der Waals surface area contributed by atoms with E-state index in [-0.39, 0.29) is 6.61 Å². The summed E-state index contributed by atoms with van der Waals surface area (Å²) < 4.78 is 5.23. The van der Waals surface area contributed by atoms with Crippen molar-refractivity contribution in [3.8, 4) is 5.75 Å². The molecule has 0 aliphatic carbocycles. The van der Waals surface area contributed by atoms with E-state index in [0.29, 0.717) is 5.02 Å². The molecule has 0 spiro atoms. The first kappa shape index (κ1) is 14.7. The van der Waals surface area contributed by atoms with Gasteiger partial charge < -0.3 is 15.2 Å². The van der Waals surface area contributed by atoms with Crippen LogP contribution < -0.4 is 10.1 Å². The molecule has 2 rings (SSSR count). The van der Waals surface area contributed by atoms with Crippen molar-refractivity contribution in [2.24, 2.45) is 0 Å². The molecule has 2 N–H and O–H groups in total. The van der Waals surface area contributed by atoms with Crippen LogP contribution in [0, 0.1) is 0 Å². The molecule has 0 bridgehead atoms. The molecule has 0 aliphatic heterocycles. The van der Waals surface area contributed by atoms with Gasteiger partial charge in [-0.05, 0) is 42.8 Å². The van der Waals surface area contributed by atoms with Crippen LogP contribution in [0.4, 0.5) is 5.69 Å². The van der Waals surface area contributed by atoms with Crippen LogP contribution in [0.5, 0.6) is 5.75 Å². The molecule has 1 unspecified atom stereocenters. The van der Waals surface area contributed by atoms with Crippen LogP contribution in [-0.4, -0.2) is 18.8 Å². The molecule has 0 heterocycles. The van der Waals surface area contributed by atoms with Gasteiger partial charge in [-0.2, -0.15) is 0 Å². The molecule has 0 saturated carbocycles. The minimum atomic E-state index is -0.612. The Balaban J connectivity index is 2.32. The average Bonchev–Trinajstić information content (AvgIpc) is 2.47. The van der Waals surface area contributed by atoms with Crippen LogP contribution in [0.25, 0.3) is 0 Å². The van der Waals surface area contributed by atoms with Crippen molar-refractivity contribution in [1.29, 1.82) is 0 Å². The normalized spacial score (nSPS) is 13.6. The first-order valence-electron chi connectivity index (χ1n) is 6.36. The van der Waals surface area contributed by atoms with Crippen molar-refractivity contribution in [2.45, 2.75) is 12.5 Å². The van der Waals surface area contributed by atoms with Crippen LogP contribution in [0.15, 0.2) is 48.5 Å². The van der Waals surface area contributed by atoms with Crippen molar-refractivity contribution < 1.29 is 9.84 Å². The maximum atomic E-state index is 9.80. The van der Waals surface area contributed by atoms with Crippen LogP contribution in [0.3, 0.4) is 0 Å². The number of hydrogen-bond acceptors (Lipinski definition) is 3. The number of anilines is 1. The summed E-state index contributed by atoms with van der Waals surface area (Å²) >= 11 is 5.99. The lowest BCUT2D eigenvalue weighted by Crippen LogP contribution is -2.35. The molecule has 20 heavy (non-hydrogen) atoms. The zero-order valence-electron chi connectivity index (χ0n) is 11.6. The Bertz CT molecular complexity index is 588. The van der Waals surface area contributed by atoms with Crippen LogP contribution in [-0.2, 0) is 5.54 Å². The molecule has 0 saturated heterocycles. The fourth-order valence-electron chi connectivity index (χ4n) is 2.05. The fraction of sp³-hybridized carbons (Fsp3) is 0.250. The van der Waals surface area contributed by atoms with Crippen molar-refractivity contribution in [2.75, 3.05) is 19.0 Å². The predicted molar refractivity (Wildman–Crippen MR) is 82.5 cm³/mol. The van der Waals surface area contributed by atoms with E-state index in [0.717, 1.165) is 17.0 Å². The fourth-order valence-corrected chi connectivity index (χ4v) is 2.24. The summed E-state index contributed by atoms with van der Waals surface area (Å²) in [5.41, 5.74) is 1.19. The Morgan fingerprint density at radius 2 is 1.95 bits per heavy atom. The smallest absolute Gasteiger partial charge is 0.119 e. The van der Waals surface area contributed by atoms with E-state index in [1.807, 2.05) is 55.5 Å². The topological polar surface area (TPSA) is 41.5 Å². The van der Waals surface area contributed by atoms with E-state index >= 15 is 0 Å². The van der Waals surface area contributed by atoms with E-state index in [4.69, 9.17) is 16.3 Å². The molecule has 106 valence electrons. The van der Waals surface area contributed by atoms with E-state index in [2.05, 4.69) is 5.32 Å². The second kappa shape index (κ2) is 6.16. The van der Waals surface area contributed by atoms with E-state index in [1.165, 1.54) is 0 Å². The van der Waals surface area contributed by atoms with Crippen molar-refractivity contribution in [1.82, 2.24) is 0 Å². The highest BCUT2D eigenvalue weighted by Gasteiger charge is 2.26. The summed E-state index contributed by atoms with van der Waals surface area (Å²) in [6, 6.07) is 15.1. The number of hydrogen-bond donors (Lipinski definition) is 2. The minimum absolute atomic E-state index is 0.0489. The van der Waals surface area contributed by atoms with E-state index < -0.39 is 5.54 Å². The number of ether oxygens (including phenoxy) is 1. The van der Waals surface area contributed by atoms with Crippen molar-refractivity contribution in [3.05, 3.63) is 59.1 Å². The zero-order valence-corrected chi connectivity index (χ0v) is 12.3. The number of halogens is 1. The second-order valence-electron chi connectivity index (χ2n) is 4.86. The van der Waals surface area contributed by atoms with Gasteiger partial charge in [0.05, 0.1) is 19.3 Å². The monoisotopic (exact) mass is 291 g/mol. The lowest BCUT2D eigenvalue weighted by molar-refractivity contribution is 0.223. The van der Waals surface area contributed by atoms with Gasteiger partial charge in [0.1, 0.15) is 5.75 Å². The second-order valence-corrected chi connectivity index (χ2v) is 5.29. The summed E-state index contributed by atoms with van der Waals surface area (Å²) in [5, 5.41) is 13.8. The minimum Gasteiger partial charge on any atom is -0.497 e. The molecule has 4 heteroatoms. The molecule has 2 aromatic carbocycles. The number of aliphatic hydroxyl groups excluding tert-OH is 1. The highest BCUT2D eigenvalue weighted by Crippen LogP contribution is 2.29. The van der Waals surface area contributed by atoms with Crippen molar-refractivity contribution >= 4 is 17.3 Å².